The molecule has 0 bridgehead atoms. The van der Waals surface area contributed by atoms with Crippen molar-refractivity contribution in [3.8, 4) is 5.75 Å². The first-order valence-corrected chi connectivity index (χ1v) is 7.42. The third kappa shape index (κ3) is 4.25. The van der Waals surface area contributed by atoms with E-state index in [9.17, 15) is 4.79 Å². The standard InChI is InChI=1S/C13H16BrClN2O2.ClH/c1-2-19-12-10(14)5-9(15)6-11(12)17-13(18)8-3-4-16-7-8;/h5-6,8,16H,2-4,7H2,1H3,(H,17,18);1H. The maximum absolute atomic E-state index is 12.1. The maximum atomic E-state index is 12.1. The van der Waals surface area contributed by atoms with Crippen LogP contribution in [0.1, 0.15) is 13.3 Å². The molecular weight excluding hydrogens is 367 g/mol. The van der Waals surface area contributed by atoms with Crippen molar-refractivity contribution in [2.24, 2.45) is 5.92 Å². The molecule has 1 aromatic rings. The van der Waals surface area contributed by atoms with Crippen LogP contribution in [0.25, 0.3) is 0 Å². The van der Waals surface area contributed by atoms with Crippen LogP contribution < -0.4 is 15.4 Å². The van der Waals surface area contributed by atoms with Gasteiger partial charge in [0.15, 0.2) is 5.75 Å². The second-order valence-corrected chi connectivity index (χ2v) is 5.67. The Hall–Kier alpha value is -0.490. The zero-order valence-electron chi connectivity index (χ0n) is 11.0. The molecule has 0 aromatic heterocycles. The number of halogens is 3. The summed E-state index contributed by atoms with van der Waals surface area (Å²) in [6.07, 6.45) is 0.859. The fourth-order valence-electron chi connectivity index (χ4n) is 2.06. The molecule has 1 atom stereocenters. The van der Waals surface area contributed by atoms with Gasteiger partial charge in [-0.2, -0.15) is 0 Å². The van der Waals surface area contributed by atoms with Gasteiger partial charge < -0.3 is 15.4 Å². The van der Waals surface area contributed by atoms with Crippen molar-refractivity contribution in [3.05, 3.63) is 21.6 Å². The highest BCUT2D eigenvalue weighted by molar-refractivity contribution is 9.10. The minimum Gasteiger partial charge on any atom is -0.491 e. The molecule has 2 N–H and O–H groups in total. The van der Waals surface area contributed by atoms with E-state index in [0.29, 0.717) is 23.1 Å². The van der Waals surface area contributed by atoms with Crippen molar-refractivity contribution in [3.63, 3.8) is 0 Å². The molecule has 1 saturated heterocycles. The number of benzene rings is 1. The van der Waals surface area contributed by atoms with Gasteiger partial charge in [0.05, 0.1) is 22.7 Å². The van der Waals surface area contributed by atoms with Crippen LogP contribution >= 0.6 is 39.9 Å². The molecule has 112 valence electrons. The van der Waals surface area contributed by atoms with Crippen LogP contribution in [0.2, 0.25) is 5.02 Å². The van der Waals surface area contributed by atoms with Crippen LogP contribution in [0.3, 0.4) is 0 Å². The second kappa shape index (κ2) is 8.08. The monoisotopic (exact) mass is 382 g/mol. The molecule has 1 unspecified atom stereocenters. The van der Waals surface area contributed by atoms with Gasteiger partial charge in [-0.25, -0.2) is 0 Å². The Bertz CT molecular complexity index is 480. The summed E-state index contributed by atoms with van der Waals surface area (Å²) in [7, 11) is 0. The third-order valence-electron chi connectivity index (χ3n) is 2.99. The molecule has 1 amide bonds. The zero-order valence-corrected chi connectivity index (χ0v) is 14.2. The minimum atomic E-state index is 0. The lowest BCUT2D eigenvalue weighted by atomic mass is 10.1. The Morgan fingerprint density at radius 3 is 2.95 bits per heavy atom. The molecule has 4 nitrogen and oxygen atoms in total. The van der Waals surface area contributed by atoms with Crippen LogP contribution in [0.4, 0.5) is 5.69 Å². The van der Waals surface area contributed by atoms with E-state index >= 15 is 0 Å². The van der Waals surface area contributed by atoms with Gasteiger partial charge in [0.2, 0.25) is 5.91 Å². The van der Waals surface area contributed by atoms with E-state index in [1.807, 2.05) is 6.92 Å². The number of hydrogen-bond donors (Lipinski definition) is 2. The summed E-state index contributed by atoms with van der Waals surface area (Å²) in [5.41, 5.74) is 0.609. The Morgan fingerprint density at radius 1 is 1.60 bits per heavy atom. The Balaban J connectivity index is 0.00000200. The van der Waals surface area contributed by atoms with E-state index < -0.39 is 0 Å². The SMILES string of the molecule is CCOc1c(Br)cc(Cl)cc1NC(=O)C1CCNC1.Cl. The minimum absolute atomic E-state index is 0. The smallest absolute Gasteiger partial charge is 0.228 e. The van der Waals surface area contributed by atoms with Crippen LogP contribution in [0, 0.1) is 5.92 Å². The molecule has 20 heavy (non-hydrogen) atoms. The van der Waals surface area contributed by atoms with Gasteiger partial charge in [-0.1, -0.05) is 11.6 Å². The van der Waals surface area contributed by atoms with E-state index in [4.69, 9.17) is 16.3 Å². The van der Waals surface area contributed by atoms with Gasteiger partial charge in [-0.15, -0.1) is 12.4 Å². The largest absolute Gasteiger partial charge is 0.491 e. The first-order chi connectivity index (χ1) is 9.11. The number of hydrogen-bond acceptors (Lipinski definition) is 3. The summed E-state index contributed by atoms with van der Waals surface area (Å²) in [5, 5.41) is 6.63. The Morgan fingerprint density at radius 2 is 2.35 bits per heavy atom. The molecule has 0 saturated carbocycles. The second-order valence-electron chi connectivity index (χ2n) is 4.38. The van der Waals surface area contributed by atoms with Gasteiger partial charge in [-0.05, 0) is 48.0 Å². The van der Waals surface area contributed by atoms with E-state index in [1.54, 1.807) is 12.1 Å². The number of rotatable bonds is 4. The lowest BCUT2D eigenvalue weighted by Gasteiger charge is -2.15. The fraction of sp³-hybridized carbons (Fsp3) is 0.462. The van der Waals surface area contributed by atoms with Crippen molar-refractivity contribution in [2.75, 3.05) is 25.0 Å². The number of ether oxygens (including phenoxy) is 1. The molecular formula is C13H17BrCl2N2O2. The lowest BCUT2D eigenvalue weighted by molar-refractivity contribution is -0.119. The molecule has 0 radical (unpaired) electrons. The highest BCUT2D eigenvalue weighted by atomic mass is 79.9. The Labute approximate surface area is 138 Å². The topological polar surface area (TPSA) is 50.4 Å². The van der Waals surface area contributed by atoms with Crippen LogP contribution in [0.15, 0.2) is 16.6 Å². The molecule has 0 aliphatic carbocycles. The fourth-order valence-corrected chi connectivity index (χ4v) is 2.98. The first-order valence-electron chi connectivity index (χ1n) is 6.25. The average molecular weight is 384 g/mol. The summed E-state index contributed by atoms with van der Waals surface area (Å²) in [4.78, 5) is 12.1. The summed E-state index contributed by atoms with van der Waals surface area (Å²) < 4.78 is 6.29. The van der Waals surface area contributed by atoms with Gasteiger partial charge in [0, 0.05) is 11.6 Å². The van der Waals surface area contributed by atoms with Crippen LogP contribution in [0.5, 0.6) is 5.75 Å². The average Bonchev–Trinajstić information content (AvgIpc) is 2.87. The highest BCUT2D eigenvalue weighted by Gasteiger charge is 2.23. The van der Waals surface area contributed by atoms with E-state index in [-0.39, 0.29) is 24.2 Å². The van der Waals surface area contributed by atoms with Crippen molar-refractivity contribution in [1.82, 2.24) is 5.32 Å². The highest BCUT2D eigenvalue weighted by Crippen LogP contribution is 2.37. The number of carbonyl (C=O) groups excluding carboxylic acids is 1. The van der Waals surface area contributed by atoms with Crippen LogP contribution in [-0.4, -0.2) is 25.6 Å². The molecule has 1 aliphatic heterocycles. The van der Waals surface area contributed by atoms with Crippen molar-refractivity contribution < 1.29 is 9.53 Å². The number of anilines is 1. The number of carbonyl (C=O) groups is 1. The molecule has 2 rings (SSSR count). The van der Waals surface area contributed by atoms with Gasteiger partial charge in [0.1, 0.15) is 0 Å². The Kier molecular flexibility index (Phi) is 7.09. The quantitative estimate of drug-likeness (QED) is 0.836. The first kappa shape index (κ1) is 17.6. The third-order valence-corrected chi connectivity index (χ3v) is 3.79. The summed E-state index contributed by atoms with van der Waals surface area (Å²) in [6, 6.07) is 3.46. The summed E-state index contributed by atoms with van der Waals surface area (Å²) >= 11 is 9.42. The predicted octanol–water partition coefficient (Wildman–Crippen LogP) is 3.47. The predicted molar refractivity (Wildman–Crippen MR) is 87.2 cm³/mol. The molecule has 1 heterocycles. The summed E-state index contributed by atoms with van der Waals surface area (Å²) in [5.74, 6) is 0.624. The van der Waals surface area contributed by atoms with Crippen molar-refractivity contribution in [2.45, 2.75) is 13.3 Å². The number of amides is 1. The maximum Gasteiger partial charge on any atom is 0.228 e. The molecule has 1 aliphatic rings. The lowest BCUT2D eigenvalue weighted by Crippen LogP contribution is -2.25. The van der Waals surface area contributed by atoms with E-state index in [1.165, 1.54) is 0 Å². The molecule has 1 aromatic carbocycles. The van der Waals surface area contributed by atoms with Gasteiger partial charge in [-0.3, -0.25) is 4.79 Å². The van der Waals surface area contributed by atoms with E-state index in [0.717, 1.165) is 24.0 Å². The molecule has 0 spiro atoms. The summed E-state index contributed by atoms with van der Waals surface area (Å²) in [6.45, 7) is 4.02. The van der Waals surface area contributed by atoms with Gasteiger partial charge in [0.25, 0.3) is 0 Å². The van der Waals surface area contributed by atoms with E-state index in [2.05, 4.69) is 26.6 Å². The van der Waals surface area contributed by atoms with Crippen molar-refractivity contribution >= 4 is 51.5 Å². The normalized spacial score (nSPS) is 17.4. The zero-order chi connectivity index (χ0) is 13.8. The molecule has 7 heteroatoms. The van der Waals surface area contributed by atoms with Gasteiger partial charge >= 0.3 is 0 Å². The number of nitrogens with one attached hydrogen (secondary N) is 2. The van der Waals surface area contributed by atoms with Crippen molar-refractivity contribution in [1.29, 1.82) is 0 Å². The van der Waals surface area contributed by atoms with Crippen LogP contribution in [-0.2, 0) is 4.79 Å². The molecule has 1 fully saturated rings.